The molecule has 0 spiro atoms. The first-order valence-electron chi connectivity index (χ1n) is 6.66. The molecule has 0 bridgehead atoms. The van der Waals surface area contributed by atoms with Crippen molar-refractivity contribution in [3.63, 3.8) is 0 Å². The smallest absolute Gasteiger partial charge is 0.331 e. The molecule has 2 aromatic rings. The number of ether oxygens (including phenoxy) is 1. The van der Waals surface area contributed by atoms with Gasteiger partial charge in [0.05, 0.1) is 0 Å². The molecule has 108 valence electrons. The van der Waals surface area contributed by atoms with Crippen molar-refractivity contribution >= 4 is 17.7 Å². The average Bonchev–Trinajstić information content (AvgIpc) is 2.99. The van der Waals surface area contributed by atoms with Crippen molar-refractivity contribution in [1.29, 1.82) is 0 Å². The van der Waals surface area contributed by atoms with Gasteiger partial charge >= 0.3 is 5.97 Å². The molecule has 2 N–H and O–H groups in total. The third-order valence-corrected chi connectivity index (χ3v) is 4.44. The van der Waals surface area contributed by atoms with Crippen LogP contribution in [0.3, 0.4) is 0 Å². The lowest BCUT2D eigenvalue weighted by Crippen LogP contribution is -2.30. The van der Waals surface area contributed by atoms with Crippen LogP contribution < -0.4 is 10.1 Å². The van der Waals surface area contributed by atoms with Crippen LogP contribution >= 0.6 is 11.8 Å². The summed E-state index contributed by atoms with van der Waals surface area (Å²) in [6, 6.07) is 17.4. The zero-order chi connectivity index (χ0) is 14.7. The average molecular weight is 301 g/mol. The molecule has 3 rings (SSSR count). The van der Waals surface area contributed by atoms with Gasteiger partial charge in [-0.1, -0.05) is 30.3 Å². The van der Waals surface area contributed by atoms with Crippen molar-refractivity contribution in [2.24, 2.45) is 0 Å². The highest BCUT2D eigenvalue weighted by atomic mass is 32.2. The molecule has 1 aliphatic heterocycles. The van der Waals surface area contributed by atoms with Gasteiger partial charge in [0, 0.05) is 11.8 Å². The number of thioether (sulfide) groups is 1. The first-order valence-corrected chi connectivity index (χ1v) is 7.70. The molecule has 1 heterocycles. The summed E-state index contributed by atoms with van der Waals surface area (Å²) in [6.07, 6.45) is 0. The lowest BCUT2D eigenvalue weighted by Gasteiger charge is -2.13. The summed E-state index contributed by atoms with van der Waals surface area (Å²) in [5.41, 5.74) is 1.04. The molecule has 0 aliphatic carbocycles. The number of rotatable bonds is 4. The predicted octanol–water partition coefficient (Wildman–Crippen LogP) is 3.27. The highest BCUT2D eigenvalue weighted by Gasteiger charge is 2.30. The highest BCUT2D eigenvalue weighted by molar-refractivity contribution is 8.00. The van der Waals surface area contributed by atoms with E-state index < -0.39 is 11.3 Å². The number of carboxylic acid groups (broad SMARTS) is 1. The Morgan fingerprint density at radius 1 is 1.14 bits per heavy atom. The molecule has 0 saturated carbocycles. The van der Waals surface area contributed by atoms with Gasteiger partial charge in [0.2, 0.25) is 0 Å². The molecular weight excluding hydrogens is 286 g/mol. The van der Waals surface area contributed by atoms with E-state index in [1.807, 2.05) is 54.6 Å². The summed E-state index contributed by atoms with van der Waals surface area (Å²) in [5, 5.41) is 11.6. The Kier molecular flexibility index (Phi) is 4.13. The van der Waals surface area contributed by atoms with Crippen LogP contribution in [-0.4, -0.2) is 22.2 Å². The maximum absolute atomic E-state index is 11.0. The molecule has 0 unspecified atom stereocenters. The van der Waals surface area contributed by atoms with Crippen molar-refractivity contribution in [1.82, 2.24) is 5.32 Å². The Morgan fingerprint density at radius 2 is 1.90 bits per heavy atom. The number of hydrogen-bond donors (Lipinski definition) is 2. The fourth-order valence-corrected chi connectivity index (χ4v) is 3.30. The summed E-state index contributed by atoms with van der Waals surface area (Å²) < 4.78 is 5.80. The number of hydrogen-bond acceptors (Lipinski definition) is 4. The van der Waals surface area contributed by atoms with Gasteiger partial charge in [0.15, 0.2) is 5.37 Å². The van der Waals surface area contributed by atoms with Gasteiger partial charge in [-0.05, 0) is 29.8 Å². The van der Waals surface area contributed by atoms with Gasteiger partial charge in [-0.15, -0.1) is 11.8 Å². The number of nitrogens with one attached hydrogen (secondary N) is 1. The minimum atomic E-state index is -0.820. The van der Waals surface area contributed by atoms with E-state index in [-0.39, 0.29) is 6.04 Å². The number of benzene rings is 2. The lowest BCUT2D eigenvalue weighted by molar-refractivity contribution is -0.137. The fourth-order valence-electron chi connectivity index (χ4n) is 2.23. The second kappa shape index (κ2) is 6.20. The number of carbonyl (C=O) groups is 1. The largest absolute Gasteiger partial charge is 0.479 e. The molecule has 2 aromatic carbocycles. The van der Waals surface area contributed by atoms with Gasteiger partial charge in [-0.3, -0.25) is 5.32 Å². The van der Waals surface area contributed by atoms with Gasteiger partial charge < -0.3 is 9.84 Å². The molecule has 2 atom stereocenters. The maximum atomic E-state index is 11.0. The molecule has 5 heteroatoms. The van der Waals surface area contributed by atoms with Crippen LogP contribution in [0.1, 0.15) is 11.6 Å². The quantitative estimate of drug-likeness (QED) is 0.907. The van der Waals surface area contributed by atoms with Crippen LogP contribution in [0.4, 0.5) is 0 Å². The second-order valence-corrected chi connectivity index (χ2v) is 5.90. The van der Waals surface area contributed by atoms with E-state index in [2.05, 4.69) is 5.32 Å². The standard InChI is InChI=1S/C16H15NO3S/c18-16(19)15-17-14(10-21-15)11-5-4-8-13(9-11)20-12-6-2-1-3-7-12/h1-9,14-15,17H,10H2,(H,18,19)/t14-,15+/m0/s1. The number of para-hydroxylation sites is 1. The Hall–Kier alpha value is -1.98. The van der Waals surface area contributed by atoms with E-state index in [0.29, 0.717) is 0 Å². The van der Waals surface area contributed by atoms with Crippen molar-refractivity contribution in [2.45, 2.75) is 11.4 Å². The minimum Gasteiger partial charge on any atom is -0.479 e. The Morgan fingerprint density at radius 3 is 2.62 bits per heavy atom. The topological polar surface area (TPSA) is 58.6 Å². The predicted molar refractivity (Wildman–Crippen MR) is 82.7 cm³/mol. The SMILES string of the molecule is O=C(O)[C@@H]1N[C@H](c2cccc(Oc3ccccc3)c2)CS1. The van der Waals surface area contributed by atoms with Crippen LogP contribution in [0.25, 0.3) is 0 Å². The molecule has 0 aromatic heterocycles. The molecule has 0 amide bonds. The molecule has 0 radical (unpaired) electrons. The number of carboxylic acids is 1. The normalized spacial score (nSPS) is 21.1. The molecule has 4 nitrogen and oxygen atoms in total. The third kappa shape index (κ3) is 3.37. The first kappa shape index (κ1) is 14.0. The van der Waals surface area contributed by atoms with E-state index in [1.165, 1.54) is 11.8 Å². The van der Waals surface area contributed by atoms with E-state index >= 15 is 0 Å². The second-order valence-electron chi connectivity index (χ2n) is 4.76. The number of aliphatic carboxylic acids is 1. The van der Waals surface area contributed by atoms with E-state index in [0.717, 1.165) is 22.8 Å². The summed E-state index contributed by atoms with van der Waals surface area (Å²) in [6.45, 7) is 0. The first-order chi connectivity index (χ1) is 10.2. The van der Waals surface area contributed by atoms with E-state index in [9.17, 15) is 4.79 Å². The summed E-state index contributed by atoms with van der Waals surface area (Å²) in [4.78, 5) is 11.0. The van der Waals surface area contributed by atoms with Gasteiger partial charge in [0.25, 0.3) is 0 Å². The minimum absolute atomic E-state index is 0.0374. The third-order valence-electron chi connectivity index (χ3n) is 3.25. The molecule has 1 fully saturated rings. The zero-order valence-corrected chi connectivity index (χ0v) is 12.0. The van der Waals surface area contributed by atoms with Crippen LogP contribution in [0.5, 0.6) is 11.5 Å². The summed E-state index contributed by atoms with van der Waals surface area (Å²) in [7, 11) is 0. The van der Waals surface area contributed by atoms with E-state index in [1.54, 1.807) is 0 Å². The highest BCUT2D eigenvalue weighted by Crippen LogP contribution is 2.31. The van der Waals surface area contributed by atoms with Crippen LogP contribution in [0, 0.1) is 0 Å². The zero-order valence-electron chi connectivity index (χ0n) is 11.2. The Labute approximate surface area is 127 Å². The van der Waals surface area contributed by atoms with Gasteiger partial charge in [-0.2, -0.15) is 0 Å². The molecule has 21 heavy (non-hydrogen) atoms. The van der Waals surface area contributed by atoms with Crippen LogP contribution in [-0.2, 0) is 4.79 Å². The lowest BCUT2D eigenvalue weighted by atomic mass is 10.1. The Balaban J connectivity index is 1.73. The monoisotopic (exact) mass is 301 g/mol. The Bertz CT molecular complexity index is 632. The van der Waals surface area contributed by atoms with Crippen LogP contribution in [0.2, 0.25) is 0 Å². The van der Waals surface area contributed by atoms with Crippen molar-refractivity contribution in [3.8, 4) is 11.5 Å². The summed E-state index contributed by atoms with van der Waals surface area (Å²) >= 11 is 1.41. The maximum Gasteiger partial charge on any atom is 0.331 e. The van der Waals surface area contributed by atoms with Crippen molar-refractivity contribution in [2.75, 3.05) is 5.75 Å². The molecule has 1 saturated heterocycles. The van der Waals surface area contributed by atoms with Gasteiger partial charge in [-0.25, -0.2) is 4.79 Å². The van der Waals surface area contributed by atoms with Crippen molar-refractivity contribution < 1.29 is 14.6 Å². The molecular formula is C16H15NO3S. The fraction of sp³-hybridized carbons (Fsp3) is 0.188. The summed E-state index contributed by atoms with van der Waals surface area (Å²) in [5.74, 6) is 1.46. The van der Waals surface area contributed by atoms with Crippen molar-refractivity contribution in [3.05, 3.63) is 60.2 Å². The van der Waals surface area contributed by atoms with E-state index in [4.69, 9.17) is 9.84 Å². The van der Waals surface area contributed by atoms with Crippen LogP contribution in [0.15, 0.2) is 54.6 Å². The van der Waals surface area contributed by atoms with Gasteiger partial charge in [0.1, 0.15) is 11.5 Å². The molecule has 1 aliphatic rings.